The minimum Gasteiger partial charge on any atom is -0.463 e. The van der Waals surface area contributed by atoms with Crippen molar-refractivity contribution >= 4 is 5.90 Å². The summed E-state index contributed by atoms with van der Waals surface area (Å²) >= 11 is 0. The van der Waals surface area contributed by atoms with E-state index in [1.54, 1.807) is 6.20 Å². The van der Waals surface area contributed by atoms with Crippen LogP contribution in [0.15, 0.2) is 59.7 Å². The van der Waals surface area contributed by atoms with Crippen molar-refractivity contribution in [3.63, 3.8) is 0 Å². The summed E-state index contributed by atoms with van der Waals surface area (Å²) in [6.45, 7) is 4.15. The van der Waals surface area contributed by atoms with E-state index < -0.39 is 5.60 Å². The quantitative estimate of drug-likeness (QED) is 0.822. The molecule has 0 fully saturated rings. The SMILES string of the molecule is C[C@@H]1N=C(c2ccccn2)O[C@]1(C)c1ccccc1. The summed E-state index contributed by atoms with van der Waals surface area (Å²) in [6, 6.07) is 16.0. The second-order valence-electron chi connectivity index (χ2n) is 4.90. The molecule has 2 heterocycles. The highest BCUT2D eigenvalue weighted by atomic mass is 16.5. The topological polar surface area (TPSA) is 34.5 Å². The van der Waals surface area contributed by atoms with E-state index in [1.165, 1.54) is 0 Å². The van der Waals surface area contributed by atoms with Crippen molar-refractivity contribution in [2.75, 3.05) is 0 Å². The van der Waals surface area contributed by atoms with Crippen LogP contribution in [-0.2, 0) is 10.3 Å². The average Bonchev–Trinajstić information content (AvgIpc) is 2.78. The Bertz CT molecular complexity index is 595. The summed E-state index contributed by atoms with van der Waals surface area (Å²) in [4.78, 5) is 8.92. The van der Waals surface area contributed by atoms with Gasteiger partial charge in [-0.3, -0.25) is 4.98 Å². The van der Waals surface area contributed by atoms with Gasteiger partial charge in [0.25, 0.3) is 0 Å². The molecule has 1 aromatic heterocycles. The molecule has 0 spiro atoms. The van der Waals surface area contributed by atoms with E-state index in [0.29, 0.717) is 5.90 Å². The molecule has 0 aliphatic carbocycles. The van der Waals surface area contributed by atoms with Gasteiger partial charge in [0.15, 0.2) is 5.60 Å². The Hall–Kier alpha value is -2.16. The molecular weight excluding hydrogens is 236 g/mol. The van der Waals surface area contributed by atoms with Crippen LogP contribution in [0, 0.1) is 0 Å². The molecule has 0 unspecified atom stereocenters. The molecule has 2 aromatic rings. The lowest BCUT2D eigenvalue weighted by molar-refractivity contribution is 0.0796. The fraction of sp³-hybridized carbons (Fsp3) is 0.250. The molecule has 3 heteroatoms. The standard InChI is InChI=1S/C16H16N2O/c1-12-16(2,13-8-4-3-5-9-13)19-15(18-12)14-10-6-7-11-17-14/h3-12H,1-2H3/t12-,16-/m0/s1. The Morgan fingerprint density at radius 2 is 1.79 bits per heavy atom. The molecule has 0 bridgehead atoms. The van der Waals surface area contributed by atoms with Crippen LogP contribution in [-0.4, -0.2) is 16.9 Å². The van der Waals surface area contributed by atoms with Crippen molar-refractivity contribution in [3.8, 4) is 0 Å². The van der Waals surface area contributed by atoms with Crippen molar-refractivity contribution in [2.24, 2.45) is 4.99 Å². The number of aromatic nitrogens is 1. The van der Waals surface area contributed by atoms with Gasteiger partial charge in [0.2, 0.25) is 5.90 Å². The van der Waals surface area contributed by atoms with E-state index in [9.17, 15) is 0 Å². The number of hydrogen-bond donors (Lipinski definition) is 0. The van der Waals surface area contributed by atoms with Crippen LogP contribution in [0.25, 0.3) is 0 Å². The minimum absolute atomic E-state index is 0.0620. The molecule has 19 heavy (non-hydrogen) atoms. The van der Waals surface area contributed by atoms with Crippen LogP contribution in [0.5, 0.6) is 0 Å². The molecule has 3 rings (SSSR count). The first-order valence-corrected chi connectivity index (χ1v) is 6.44. The number of aliphatic imine (C=N–C) groups is 1. The summed E-state index contributed by atoms with van der Waals surface area (Å²) in [7, 11) is 0. The van der Waals surface area contributed by atoms with Crippen molar-refractivity contribution in [1.29, 1.82) is 0 Å². The first kappa shape index (κ1) is 11.9. The predicted octanol–water partition coefficient (Wildman–Crippen LogP) is 3.16. The zero-order valence-corrected chi connectivity index (χ0v) is 11.1. The lowest BCUT2D eigenvalue weighted by Gasteiger charge is -2.28. The molecule has 0 amide bonds. The molecule has 3 nitrogen and oxygen atoms in total. The molecule has 1 aliphatic rings. The highest BCUT2D eigenvalue weighted by Crippen LogP contribution is 2.36. The number of hydrogen-bond acceptors (Lipinski definition) is 3. The van der Waals surface area contributed by atoms with Crippen molar-refractivity contribution in [3.05, 3.63) is 66.0 Å². The fourth-order valence-electron chi connectivity index (χ4n) is 2.29. The molecule has 0 radical (unpaired) electrons. The van der Waals surface area contributed by atoms with Crippen LogP contribution in [0.3, 0.4) is 0 Å². The fourth-order valence-corrected chi connectivity index (χ4v) is 2.29. The first-order valence-electron chi connectivity index (χ1n) is 6.44. The van der Waals surface area contributed by atoms with Gasteiger partial charge in [-0.25, -0.2) is 4.99 Å². The maximum Gasteiger partial charge on any atom is 0.236 e. The largest absolute Gasteiger partial charge is 0.463 e. The van der Waals surface area contributed by atoms with Gasteiger partial charge in [-0.1, -0.05) is 36.4 Å². The van der Waals surface area contributed by atoms with Crippen LogP contribution < -0.4 is 0 Å². The molecular formula is C16H16N2O. The Balaban J connectivity index is 1.94. The summed E-state index contributed by atoms with van der Waals surface area (Å²) in [5.41, 5.74) is 1.50. The number of pyridine rings is 1. The Morgan fingerprint density at radius 3 is 2.47 bits per heavy atom. The summed E-state index contributed by atoms with van der Waals surface area (Å²) in [5.74, 6) is 0.624. The predicted molar refractivity (Wildman–Crippen MR) is 75.1 cm³/mol. The zero-order chi connectivity index (χ0) is 13.3. The van der Waals surface area contributed by atoms with Crippen molar-refractivity contribution in [1.82, 2.24) is 4.98 Å². The monoisotopic (exact) mass is 252 g/mol. The van der Waals surface area contributed by atoms with E-state index in [-0.39, 0.29) is 6.04 Å². The molecule has 1 aliphatic heterocycles. The highest BCUT2D eigenvalue weighted by Gasteiger charge is 2.42. The maximum atomic E-state index is 6.12. The maximum absolute atomic E-state index is 6.12. The van der Waals surface area contributed by atoms with E-state index >= 15 is 0 Å². The van der Waals surface area contributed by atoms with Gasteiger partial charge in [-0.05, 0) is 31.5 Å². The van der Waals surface area contributed by atoms with Gasteiger partial charge in [-0.15, -0.1) is 0 Å². The molecule has 0 saturated heterocycles. The number of benzene rings is 1. The van der Waals surface area contributed by atoms with Gasteiger partial charge < -0.3 is 4.74 Å². The van der Waals surface area contributed by atoms with Gasteiger partial charge in [0.05, 0.1) is 6.04 Å². The third kappa shape index (κ3) is 2.01. The first-order chi connectivity index (χ1) is 9.20. The second-order valence-corrected chi connectivity index (χ2v) is 4.90. The number of rotatable bonds is 2. The Labute approximate surface area is 113 Å². The zero-order valence-electron chi connectivity index (χ0n) is 11.1. The van der Waals surface area contributed by atoms with Crippen LogP contribution in [0.1, 0.15) is 25.1 Å². The van der Waals surface area contributed by atoms with Gasteiger partial charge in [0, 0.05) is 6.20 Å². The van der Waals surface area contributed by atoms with Crippen LogP contribution in [0.4, 0.5) is 0 Å². The molecule has 1 aromatic carbocycles. The van der Waals surface area contributed by atoms with E-state index in [0.717, 1.165) is 11.3 Å². The number of ether oxygens (including phenoxy) is 1. The normalized spacial score (nSPS) is 25.8. The molecule has 0 N–H and O–H groups in total. The lowest BCUT2D eigenvalue weighted by atomic mass is 9.90. The molecule has 0 saturated carbocycles. The van der Waals surface area contributed by atoms with E-state index in [4.69, 9.17) is 4.74 Å². The van der Waals surface area contributed by atoms with Gasteiger partial charge in [-0.2, -0.15) is 0 Å². The third-order valence-corrected chi connectivity index (χ3v) is 3.65. The van der Waals surface area contributed by atoms with E-state index in [1.807, 2.05) is 36.4 Å². The lowest BCUT2D eigenvalue weighted by Crippen LogP contribution is -2.32. The van der Waals surface area contributed by atoms with Gasteiger partial charge >= 0.3 is 0 Å². The Kier molecular flexibility index (Phi) is 2.82. The van der Waals surface area contributed by atoms with Crippen LogP contribution >= 0.6 is 0 Å². The molecule has 2 atom stereocenters. The minimum atomic E-state index is -0.423. The average molecular weight is 252 g/mol. The summed E-state index contributed by atoms with van der Waals surface area (Å²) < 4.78 is 6.12. The summed E-state index contributed by atoms with van der Waals surface area (Å²) in [6.07, 6.45) is 1.75. The van der Waals surface area contributed by atoms with Gasteiger partial charge in [0.1, 0.15) is 5.69 Å². The van der Waals surface area contributed by atoms with Crippen LogP contribution in [0.2, 0.25) is 0 Å². The highest BCUT2D eigenvalue weighted by molar-refractivity contribution is 5.93. The smallest absolute Gasteiger partial charge is 0.236 e. The third-order valence-electron chi connectivity index (χ3n) is 3.65. The van der Waals surface area contributed by atoms with Crippen molar-refractivity contribution in [2.45, 2.75) is 25.5 Å². The van der Waals surface area contributed by atoms with E-state index in [2.05, 4.69) is 36.0 Å². The summed E-state index contributed by atoms with van der Waals surface area (Å²) in [5, 5.41) is 0. The Morgan fingerprint density at radius 1 is 1.05 bits per heavy atom. The second kappa shape index (κ2) is 4.50. The van der Waals surface area contributed by atoms with Crippen molar-refractivity contribution < 1.29 is 4.74 Å². The molecule has 96 valence electrons. The number of nitrogens with zero attached hydrogens (tertiary/aromatic N) is 2.